The highest BCUT2D eigenvalue weighted by molar-refractivity contribution is 5.86. The zero-order chi connectivity index (χ0) is 16.1. The van der Waals surface area contributed by atoms with Gasteiger partial charge in [-0.3, -0.25) is 4.90 Å². The van der Waals surface area contributed by atoms with Gasteiger partial charge in [0.05, 0.1) is 6.26 Å². The number of rotatable bonds is 0. The molecule has 1 aliphatic heterocycles. The number of hydrogen-bond acceptors (Lipinski definition) is 2. The van der Waals surface area contributed by atoms with Crippen molar-refractivity contribution in [1.29, 1.82) is 0 Å². The summed E-state index contributed by atoms with van der Waals surface area (Å²) >= 11 is 0. The number of benzene rings is 1. The van der Waals surface area contributed by atoms with Crippen LogP contribution in [-0.2, 0) is 18.3 Å². The van der Waals surface area contributed by atoms with E-state index < -0.39 is 0 Å². The molecular formula is C20H29NO. The highest BCUT2D eigenvalue weighted by atomic mass is 16.3. The van der Waals surface area contributed by atoms with Crippen LogP contribution in [0.1, 0.15) is 58.2 Å². The molecule has 0 spiro atoms. The van der Waals surface area contributed by atoms with Gasteiger partial charge in [0.15, 0.2) is 0 Å². The molecule has 2 heteroatoms. The average molecular weight is 299 g/mol. The molecule has 22 heavy (non-hydrogen) atoms. The number of nitrogens with zero attached hydrogens (tertiary/aromatic N) is 1. The molecule has 0 aliphatic carbocycles. The third-order valence-corrected chi connectivity index (χ3v) is 4.98. The lowest BCUT2D eigenvalue weighted by atomic mass is 9.86. The van der Waals surface area contributed by atoms with E-state index in [0.29, 0.717) is 0 Å². The molecule has 3 rings (SSSR count). The molecule has 120 valence electrons. The van der Waals surface area contributed by atoms with Gasteiger partial charge in [0.1, 0.15) is 5.58 Å². The van der Waals surface area contributed by atoms with Crippen LogP contribution in [0.4, 0.5) is 0 Å². The average Bonchev–Trinajstić information content (AvgIpc) is 2.70. The highest BCUT2D eigenvalue weighted by Gasteiger charge is 2.27. The first-order valence-corrected chi connectivity index (χ1v) is 8.45. The van der Waals surface area contributed by atoms with E-state index in [-0.39, 0.29) is 11.0 Å². The lowest BCUT2D eigenvalue weighted by Crippen LogP contribution is -2.42. The summed E-state index contributed by atoms with van der Waals surface area (Å²) in [5.41, 5.74) is 5.71. The molecule has 0 saturated heterocycles. The second-order valence-electron chi connectivity index (χ2n) is 8.64. The maximum atomic E-state index is 6.03. The van der Waals surface area contributed by atoms with Gasteiger partial charge >= 0.3 is 0 Å². The molecule has 2 nitrogen and oxygen atoms in total. The summed E-state index contributed by atoms with van der Waals surface area (Å²) in [4.78, 5) is 2.59. The summed E-state index contributed by atoms with van der Waals surface area (Å²) in [6, 6.07) is 4.60. The van der Waals surface area contributed by atoms with E-state index in [1.165, 1.54) is 22.1 Å². The van der Waals surface area contributed by atoms with E-state index in [1.54, 1.807) is 0 Å². The zero-order valence-electron chi connectivity index (χ0n) is 14.9. The molecular weight excluding hydrogens is 270 g/mol. The Hall–Kier alpha value is -1.28. The third-order valence-electron chi connectivity index (χ3n) is 4.98. The molecule has 2 heterocycles. The van der Waals surface area contributed by atoms with Crippen molar-refractivity contribution in [1.82, 2.24) is 4.90 Å². The van der Waals surface area contributed by atoms with Gasteiger partial charge in [-0.15, -0.1) is 0 Å². The minimum absolute atomic E-state index is 0.127. The van der Waals surface area contributed by atoms with E-state index in [0.717, 1.165) is 31.5 Å². The first-order valence-electron chi connectivity index (χ1n) is 8.45. The van der Waals surface area contributed by atoms with Gasteiger partial charge in [0.25, 0.3) is 0 Å². The molecule has 0 amide bonds. The molecule has 0 radical (unpaired) electrons. The van der Waals surface area contributed by atoms with E-state index >= 15 is 0 Å². The lowest BCUT2D eigenvalue weighted by Gasteiger charge is -2.34. The van der Waals surface area contributed by atoms with Crippen molar-refractivity contribution >= 4 is 11.0 Å². The summed E-state index contributed by atoms with van der Waals surface area (Å²) in [7, 11) is 0. The Morgan fingerprint density at radius 3 is 2.27 bits per heavy atom. The van der Waals surface area contributed by atoms with E-state index in [9.17, 15) is 0 Å². The van der Waals surface area contributed by atoms with Gasteiger partial charge in [-0.05, 0) is 50.2 Å². The maximum absolute atomic E-state index is 6.03. The minimum atomic E-state index is 0.127. The predicted octanol–water partition coefficient (Wildman–Crippen LogP) is 4.93. The summed E-state index contributed by atoms with van der Waals surface area (Å²) < 4.78 is 6.03. The van der Waals surface area contributed by atoms with Crippen molar-refractivity contribution in [3.63, 3.8) is 0 Å². The molecule has 1 aromatic heterocycles. The van der Waals surface area contributed by atoms with Gasteiger partial charge in [0, 0.05) is 29.6 Å². The van der Waals surface area contributed by atoms with Crippen LogP contribution in [0.25, 0.3) is 11.0 Å². The van der Waals surface area contributed by atoms with Crippen LogP contribution in [0, 0.1) is 0 Å². The van der Waals surface area contributed by atoms with Crippen LogP contribution >= 0.6 is 0 Å². The van der Waals surface area contributed by atoms with Gasteiger partial charge < -0.3 is 4.42 Å². The van der Waals surface area contributed by atoms with Gasteiger partial charge in [0.2, 0.25) is 0 Å². The van der Waals surface area contributed by atoms with Crippen molar-refractivity contribution in [2.24, 2.45) is 0 Å². The summed E-state index contributed by atoms with van der Waals surface area (Å²) in [5, 5.41) is 1.30. The molecule has 2 aromatic rings. The van der Waals surface area contributed by atoms with Crippen LogP contribution in [0.2, 0.25) is 0 Å². The smallest absolute Gasteiger partial charge is 0.137 e. The van der Waals surface area contributed by atoms with Gasteiger partial charge in [-0.2, -0.15) is 0 Å². The molecule has 0 bridgehead atoms. The largest absolute Gasteiger partial charge is 0.464 e. The Morgan fingerprint density at radius 2 is 1.64 bits per heavy atom. The molecule has 0 saturated carbocycles. The normalized spacial score (nSPS) is 17.5. The topological polar surface area (TPSA) is 16.4 Å². The Morgan fingerprint density at radius 1 is 0.955 bits per heavy atom. The van der Waals surface area contributed by atoms with Crippen LogP contribution in [-0.4, -0.2) is 23.5 Å². The first kappa shape index (κ1) is 15.6. The molecule has 1 aromatic carbocycles. The predicted molar refractivity (Wildman–Crippen MR) is 93.6 cm³/mol. The van der Waals surface area contributed by atoms with Crippen LogP contribution < -0.4 is 0 Å². The molecule has 0 N–H and O–H groups in total. The van der Waals surface area contributed by atoms with Crippen LogP contribution in [0.5, 0.6) is 0 Å². The quantitative estimate of drug-likeness (QED) is 0.686. The fourth-order valence-electron chi connectivity index (χ4n) is 3.57. The summed E-state index contributed by atoms with van der Waals surface area (Å²) in [5.74, 6) is 0. The fraction of sp³-hybridized carbons (Fsp3) is 0.600. The van der Waals surface area contributed by atoms with Crippen molar-refractivity contribution in [3.05, 3.63) is 35.1 Å². The van der Waals surface area contributed by atoms with Crippen LogP contribution in [0.3, 0.4) is 0 Å². The zero-order valence-corrected chi connectivity index (χ0v) is 14.9. The maximum Gasteiger partial charge on any atom is 0.137 e. The standard InChI is InChI=1S/C20H29NO/c1-19(2,3)17-13-22-18-15-10-12-21(20(4,5)6)11-9-14(15)7-8-16(17)18/h7-8,13H,9-12H2,1-6H3. The van der Waals surface area contributed by atoms with E-state index in [4.69, 9.17) is 4.42 Å². The Bertz CT molecular complexity index is 682. The van der Waals surface area contributed by atoms with Crippen molar-refractivity contribution in [3.8, 4) is 0 Å². The molecule has 0 fully saturated rings. The Labute approximate surface area is 134 Å². The van der Waals surface area contributed by atoms with E-state index in [1.807, 2.05) is 6.26 Å². The first-order chi connectivity index (χ1) is 10.2. The van der Waals surface area contributed by atoms with Crippen molar-refractivity contribution in [2.75, 3.05) is 13.1 Å². The fourth-order valence-corrected chi connectivity index (χ4v) is 3.57. The second kappa shape index (κ2) is 5.13. The van der Waals surface area contributed by atoms with Gasteiger partial charge in [-0.25, -0.2) is 0 Å². The molecule has 1 aliphatic rings. The van der Waals surface area contributed by atoms with Crippen molar-refractivity contribution < 1.29 is 4.42 Å². The third kappa shape index (κ3) is 2.69. The lowest BCUT2D eigenvalue weighted by molar-refractivity contribution is 0.144. The molecule has 0 unspecified atom stereocenters. The minimum Gasteiger partial charge on any atom is -0.464 e. The Balaban J connectivity index is 2.03. The Kier molecular flexibility index (Phi) is 3.64. The second-order valence-corrected chi connectivity index (χ2v) is 8.64. The van der Waals surface area contributed by atoms with Crippen molar-refractivity contribution in [2.45, 2.75) is 65.3 Å². The highest BCUT2D eigenvalue weighted by Crippen LogP contribution is 2.35. The number of hydrogen-bond donors (Lipinski definition) is 0. The summed E-state index contributed by atoms with van der Waals surface area (Å²) in [6.45, 7) is 15.9. The monoisotopic (exact) mass is 299 g/mol. The molecule has 0 atom stereocenters. The van der Waals surface area contributed by atoms with E-state index in [2.05, 4.69) is 58.6 Å². The van der Waals surface area contributed by atoms with Gasteiger partial charge in [-0.1, -0.05) is 32.9 Å². The summed E-state index contributed by atoms with van der Waals surface area (Å²) in [6.07, 6.45) is 4.17. The SMILES string of the molecule is CC(C)(C)c1coc2c3c(ccc12)CCN(C(C)(C)C)CC3. The number of fused-ring (bicyclic) bond motifs is 3. The van der Waals surface area contributed by atoms with Crippen LogP contribution in [0.15, 0.2) is 22.8 Å². The number of furan rings is 1.